The van der Waals surface area contributed by atoms with E-state index in [1.54, 1.807) is 16.9 Å². The van der Waals surface area contributed by atoms with E-state index in [0.29, 0.717) is 25.5 Å². The molecule has 1 aliphatic heterocycles. The Morgan fingerprint density at radius 2 is 2.35 bits per heavy atom. The van der Waals surface area contributed by atoms with Crippen molar-refractivity contribution >= 4 is 11.7 Å². The second kappa shape index (κ2) is 4.85. The predicted octanol–water partition coefficient (Wildman–Crippen LogP) is 0.0790. The molecule has 1 aromatic heterocycles. The number of hydrogen-bond acceptors (Lipinski definition) is 4. The summed E-state index contributed by atoms with van der Waals surface area (Å²) >= 11 is 0. The van der Waals surface area contributed by atoms with Gasteiger partial charge in [0.1, 0.15) is 5.82 Å². The minimum Gasteiger partial charge on any atom is -0.390 e. The Kier molecular flexibility index (Phi) is 3.44. The number of carbonyl (C=O) groups is 1. The highest BCUT2D eigenvalue weighted by Gasteiger charge is 2.26. The van der Waals surface area contributed by atoms with Crippen LogP contribution in [0.4, 0.5) is 5.82 Å². The van der Waals surface area contributed by atoms with Crippen LogP contribution >= 0.6 is 0 Å². The molecule has 1 fully saturated rings. The average Bonchev–Trinajstić information content (AvgIpc) is 2.63. The fraction of sp³-hybridized carbons (Fsp3) is 0.636. The van der Waals surface area contributed by atoms with E-state index in [4.69, 9.17) is 5.11 Å². The Bertz CT molecular complexity index is 396. The maximum absolute atomic E-state index is 11.7. The molecule has 6 heteroatoms. The van der Waals surface area contributed by atoms with E-state index in [-0.39, 0.29) is 18.1 Å². The van der Waals surface area contributed by atoms with Gasteiger partial charge < -0.3 is 10.4 Å². The summed E-state index contributed by atoms with van der Waals surface area (Å²) in [6.07, 6.45) is 1.40. The van der Waals surface area contributed by atoms with Crippen LogP contribution in [0.15, 0.2) is 12.3 Å². The number of anilines is 1. The van der Waals surface area contributed by atoms with Gasteiger partial charge in [0, 0.05) is 25.2 Å². The number of aliphatic hydroxyl groups is 1. The van der Waals surface area contributed by atoms with E-state index in [0.717, 1.165) is 0 Å². The first-order valence-electron chi connectivity index (χ1n) is 5.80. The fourth-order valence-corrected chi connectivity index (χ4v) is 1.88. The molecule has 0 radical (unpaired) electrons. The van der Waals surface area contributed by atoms with Gasteiger partial charge >= 0.3 is 0 Å². The zero-order valence-corrected chi connectivity index (χ0v) is 10.1. The topological polar surface area (TPSA) is 70.4 Å². The molecule has 2 N–H and O–H groups in total. The Morgan fingerprint density at radius 3 is 2.94 bits per heavy atom. The van der Waals surface area contributed by atoms with Gasteiger partial charge in [-0.2, -0.15) is 5.10 Å². The summed E-state index contributed by atoms with van der Waals surface area (Å²) in [5.74, 6) is 0.644. The van der Waals surface area contributed by atoms with Crippen LogP contribution in [0.5, 0.6) is 0 Å². The standard InChI is InChI=1S/C11H18N4O2/c1-8(2)15-10(3-4-12-15)13-11(17)7-14-5-9(16)6-14/h3-4,8-9,16H,5-7H2,1-2H3,(H,13,17). The van der Waals surface area contributed by atoms with E-state index in [1.165, 1.54) is 0 Å². The molecule has 1 aliphatic rings. The molecule has 0 atom stereocenters. The first kappa shape index (κ1) is 12.1. The molecule has 0 aromatic carbocycles. The van der Waals surface area contributed by atoms with E-state index < -0.39 is 0 Å². The summed E-state index contributed by atoms with van der Waals surface area (Å²) in [5.41, 5.74) is 0. The molecule has 1 saturated heterocycles. The van der Waals surface area contributed by atoms with E-state index in [9.17, 15) is 4.79 Å². The van der Waals surface area contributed by atoms with Crippen molar-refractivity contribution in [1.82, 2.24) is 14.7 Å². The number of likely N-dealkylation sites (tertiary alicyclic amines) is 1. The molecule has 0 bridgehead atoms. The third kappa shape index (κ3) is 2.83. The lowest BCUT2D eigenvalue weighted by Crippen LogP contribution is -2.53. The van der Waals surface area contributed by atoms with Crippen molar-refractivity contribution in [3.63, 3.8) is 0 Å². The summed E-state index contributed by atoms with van der Waals surface area (Å²) in [6, 6.07) is 1.99. The Balaban J connectivity index is 1.87. The van der Waals surface area contributed by atoms with Gasteiger partial charge in [0.2, 0.25) is 5.91 Å². The monoisotopic (exact) mass is 238 g/mol. The highest BCUT2D eigenvalue weighted by molar-refractivity contribution is 5.91. The molecule has 6 nitrogen and oxygen atoms in total. The summed E-state index contributed by atoms with van der Waals surface area (Å²) in [5, 5.41) is 16.1. The largest absolute Gasteiger partial charge is 0.390 e. The average molecular weight is 238 g/mol. The van der Waals surface area contributed by atoms with Crippen LogP contribution in [0.3, 0.4) is 0 Å². The van der Waals surface area contributed by atoms with Crippen molar-refractivity contribution in [2.75, 3.05) is 25.0 Å². The number of amides is 1. The molecule has 94 valence electrons. The van der Waals surface area contributed by atoms with Crippen LogP contribution in [0, 0.1) is 0 Å². The molecule has 17 heavy (non-hydrogen) atoms. The van der Waals surface area contributed by atoms with Crippen LogP contribution < -0.4 is 5.32 Å². The summed E-state index contributed by atoms with van der Waals surface area (Å²) in [6.45, 7) is 5.50. The highest BCUT2D eigenvalue weighted by atomic mass is 16.3. The number of β-amino-alcohol motifs (C(OH)–C–C–N with tert-alkyl or cyclic N) is 1. The van der Waals surface area contributed by atoms with E-state index in [2.05, 4.69) is 10.4 Å². The van der Waals surface area contributed by atoms with Crippen LogP contribution in [-0.4, -0.2) is 51.4 Å². The lowest BCUT2D eigenvalue weighted by molar-refractivity contribution is -0.120. The number of nitrogens with one attached hydrogen (secondary N) is 1. The van der Waals surface area contributed by atoms with Gasteiger partial charge in [-0.15, -0.1) is 0 Å². The summed E-state index contributed by atoms with van der Waals surface area (Å²) in [4.78, 5) is 13.6. The van der Waals surface area contributed by atoms with E-state index >= 15 is 0 Å². The van der Waals surface area contributed by atoms with Gasteiger partial charge in [-0.05, 0) is 13.8 Å². The maximum atomic E-state index is 11.7. The lowest BCUT2D eigenvalue weighted by Gasteiger charge is -2.35. The Labute approximate surface area is 100 Å². The zero-order chi connectivity index (χ0) is 12.4. The Morgan fingerprint density at radius 1 is 1.65 bits per heavy atom. The lowest BCUT2D eigenvalue weighted by atomic mass is 10.2. The van der Waals surface area contributed by atoms with Gasteiger partial charge in [-0.25, -0.2) is 4.68 Å². The quantitative estimate of drug-likeness (QED) is 0.779. The van der Waals surface area contributed by atoms with Crippen molar-refractivity contribution in [2.24, 2.45) is 0 Å². The third-order valence-electron chi connectivity index (χ3n) is 2.73. The second-order valence-corrected chi connectivity index (χ2v) is 4.65. The van der Waals surface area contributed by atoms with Crippen molar-refractivity contribution in [2.45, 2.75) is 26.0 Å². The maximum Gasteiger partial charge on any atom is 0.239 e. The number of nitrogens with zero attached hydrogens (tertiary/aromatic N) is 3. The van der Waals surface area contributed by atoms with Gasteiger partial charge in [0.05, 0.1) is 18.8 Å². The zero-order valence-electron chi connectivity index (χ0n) is 10.1. The first-order valence-corrected chi connectivity index (χ1v) is 5.80. The molecule has 0 unspecified atom stereocenters. The van der Waals surface area contributed by atoms with Gasteiger partial charge in [-0.1, -0.05) is 0 Å². The van der Waals surface area contributed by atoms with Crippen LogP contribution in [0.1, 0.15) is 19.9 Å². The van der Waals surface area contributed by atoms with Crippen molar-refractivity contribution in [1.29, 1.82) is 0 Å². The molecular weight excluding hydrogens is 220 g/mol. The Hall–Kier alpha value is -1.40. The van der Waals surface area contributed by atoms with Crippen molar-refractivity contribution in [3.05, 3.63) is 12.3 Å². The predicted molar refractivity (Wildman–Crippen MR) is 63.7 cm³/mol. The summed E-state index contributed by atoms with van der Waals surface area (Å²) in [7, 11) is 0. The molecule has 1 amide bonds. The number of aliphatic hydroxyl groups excluding tert-OH is 1. The number of aromatic nitrogens is 2. The van der Waals surface area contributed by atoms with Crippen molar-refractivity contribution in [3.8, 4) is 0 Å². The van der Waals surface area contributed by atoms with Crippen LogP contribution in [-0.2, 0) is 4.79 Å². The summed E-state index contributed by atoms with van der Waals surface area (Å²) < 4.78 is 1.77. The van der Waals surface area contributed by atoms with Crippen LogP contribution in [0.2, 0.25) is 0 Å². The molecule has 2 heterocycles. The molecule has 0 saturated carbocycles. The molecular formula is C11H18N4O2. The fourth-order valence-electron chi connectivity index (χ4n) is 1.88. The van der Waals surface area contributed by atoms with Gasteiger partial charge in [0.15, 0.2) is 0 Å². The minimum atomic E-state index is -0.274. The number of carbonyl (C=O) groups excluding carboxylic acids is 1. The van der Waals surface area contributed by atoms with Gasteiger partial charge in [0.25, 0.3) is 0 Å². The molecule has 0 aliphatic carbocycles. The smallest absolute Gasteiger partial charge is 0.239 e. The van der Waals surface area contributed by atoms with Gasteiger partial charge in [-0.3, -0.25) is 9.69 Å². The SMILES string of the molecule is CC(C)n1nccc1NC(=O)CN1CC(O)C1. The molecule has 0 spiro atoms. The highest BCUT2D eigenvalue weighted by Crippen LogP contribution is 2.13. The minimum absolute atomic E-state index is 0.0701. The molecule has 1 aromatic rings. The normalized spacial score (nSPS) is 17.2. The molecule has 2 rings (SSSR count). The number of hydrogen-bond donors (Lipinski definition) is 2. The van der Waals surface area contributed by atoms with Crippen LogP contribution in [0.25, 0.3) is 0 Å². The number of rotatable bonds is 4. The third-order valence-corrected chi connectivity index (χ3v) is 2.73. The van der Waals surface area contributed by atoms with Crippen molar-refractivity contribution < 1.29 is 9.90 Å². The first-order chi connectivity index (χ1) is 8.06. The second-order valence-electron chi connectivity index (χ2n) is 4.65. The van der Waals surface area contributed by atoms with E-state index in [1.807, 2.05) is 18.7 Å².